The van der Waals surface area contributed by atoms with Gasteiger partial charge in [-0.1, -0.05) is 56.7 Å². The first-order valence-corrected chi connectivity index (χ1v) is 13.2. The molecular formula is C29H40N8O. The molecule has 1 aromatic heterocycles. The Bertz CT molecular complexity index is 1270. The van der Waals surface area contributed by atoms with Crippen molar-refractivity contribution in [3.8, 4) is 0 Å². The molecular weight excluding hydrogens is 476 g/mol. The van der Waals surface area contributed by atoms with E-state index < -0.39 is 5.91 Å². The van der Waals surface area contributed by atoms with E-state index >= 15 is 0 Å². The van der Waals surface area contributed by atoms with Crippen molar-refractivity contribution in [2.75, 3.05) is 35.7 Å². The molecule has 0 saturated carbocycles. The Morgan fingerprint density at radius 3 is 2.47 bits per heavy atom. The fraction of sp³-hybridized carbons (Fsp3) is 0.448. The molecule has 2 unspecified atom stereocenters. The lowest BCUT2D eigenvalue weighted by Crippen LogP contribution is -2.31. The third-order valence-corrected chi connectivity index (χ3v) is 6.60. The van der Waals surface area contributed by atoms with E-state index in [4.69, 9.17) is 20.7 Å². The normalized spacial score (nSPS) is 17.3. The topological polar surface area (TPSA) is 121 Å². The summed E-state index contributed by atoms with van der Waals surface area (Å²) in [5.74, 6) is 1.02. The van der Waals surface area contributed by atoms with Gasteiger partial charge < -0.3 is 26.6 Å². The summed E-state index contributed by atoms with van der Waals surface area (Å²) in [6.07, 6.45) is 1.95. The van der Waals surface area contributed by atoms with Crippen LogP contribution in [-0.4, -0.2) is 53.1 Å². The van der Waals surface area contributed by atoms with Gasteiger partial charge in [0.05, 0.1) is 0 Å². The molecule has 1 amide bonds. The lowest BCUT2D eigenvalue weighted by atomic mass is 9.96. The summed E-state index contributed by atoms with van der Waals surface area (Å²) >= 11 is 0. The van der Waals surface area contributed by atoms with Crippen LogP contribution < -0.4 is 26.6 Å². The van der Waals surface area contributed by atoms with Gasteiger partial charge in [-0.2, -0.15) is 15.0 Å². The van der Waals surface area contributed by atoms with Crippen LogP contribution in [0.4, 0.5) is 23.5 Å². The molecule has 0 spiro atoms. The largest absolute Gasteiger partial charge is 0.366 e. The number of hydrogen-bond donors (Lipinski definition) is 4. The number of anilines is 4. The van der Waals surface area contributed by atoms with Crippen LogP contribution in [0.15, 0.2) is 42.5 Å². The van der Waals surface area contributed by atoms with E-state index in [-0.39, 0.29) is 11.5 Å². The maximum Gasteiger partial charge on any atom is 0.248 e. The van der Waals surface area contributed by atoms with Gasteiger partial charge in [-0.15, -0.1) is 0 Å². The Hall–Kier alpha value is -3.72. The molecule has 1 aliphatic heterocycles. The fourth-order valence-corrected chi connectivity index (χ4v) is 4.74. The van der Waals surface area contributed by atoms with E-state index in [1.54, 1.807) is 12.1 Å². The number of benzene rings is 2. The van der Waals surface area contributed by atoms with Gasteiger partial charge in [0.2, 0.25) is 23.8 Å². The summed E-state index contributed by atoms with van der Waals surface area (Å²) in [7, 11) is 1.99. The highest BCUT2D eigenvalue weighted by molar-refractivity contribution is 5.94. The Kier molecular flexibility index (Phi) is 8.16. The van der Waals surface area contributed by atoms with Gasteiger partial charge in [0.1, 0.15) is 0 Å². The van der Waals surface area contributed by atoms with Crippen LogP contribution in [0.25, 0.3) is 0 Å². The van der Waals surface area contributed by atoms with Gasteiger partial charge in [-0.25, -0.2) is 0 Å². The van der Waals surface area contributed by atoms with Gasteiger partial charge >= 0.3 is 0 Å². The number of hydrogen-bond acceptors (Lipinski definition) is 8. The van der Waals surface area contributed by atoms with Crippen LogP contribution in [0.5, 0.6) is 0 Å². The molecule has 2 heterocycles. The first kappa shape index (κ1) is 27.3. The fourth-order valence-electron chi connectivity index (χ4n) is 4.74. The van der Waals surface area contributed by atoms with Crippen LogP contribution in [0.2, 0.25) is 0 Å². The summed E-state index contributed by atoms with van der Waals surface area (Å²) in [5.41, 5.74) is 10.3. The number of amides is 1. The molecule has 38 heavy (non-hydrogen) atoms. The Labute approximate surface area is 225 Å². The molecule has 9 nitrogen and oxygen atoms in total. The number of rotatable bonds is 9. The molecule has 202 valence electrons. The van der Waals surface area contributed by atoms with E-state index in [2.05, 4.69) is 67.9 Å². The molecule has 2 atom stereocenters. The number of aromatic nitrogens is 3. The Balaban J connectivity index is 1.54. The van der Waals surface area contributed by atoms with Crippen molar-refractivity contribution in [1.29, 1.82) is 0 Å². The second-order valence-corrected chi connectivity index (χ2v) is 11.6. The van der Waals surface area contributed by atoms with Crippen molar-refractivity contribution >= 4 is 29.4 Å². The van der Waals surface area contributed by atoms with Crippen LogP contribution in [-0.2, 0) is 6.42 Å². The summed E-state index contributed by atoms with van der Waals surface area (Å²) in [4.78, 5) is 27.9. The highest BCUT2D eigenvalue weighted by Crippen LogP contribution is 2.24. The maximum absolute atomic E-state index is 11.7. The van der Waals surface area contributed by atoms with Crippen molar-refractivity contribution in [1.82, 2.24) is 20.3 Å². The summed E-state index contributed by atoms with van der Waals surface area (Å²) in [6, 6.07) is 14.6. The minimum absolute atomic E-state index is 0.0630. The van der Waals surface area contributed by atoms with Gasteiger partial charge in [0.25, 0.3) is 0 Å². The molecule has 0 aliphatic carbocycles. The predicted molar refractivity (Wildman–Crippen MR) is 154 cm³/mol. The van der Waals surface area contributed by atoms with Crippen LogP contribution >= 0.6 is 0 Å². The number of primary amides is 1. The summed E-state index contributed by atoms with van der Waals surface area (Å²) < 4.78 is 0. The SMILES string of the molecule is Cc1ccc(CC2CC(Nc3nc(Nc4cc(C(N)=O)ccc4C)nc(N(C)CC(C)(C)C)n3)CN2)cc1. The average molecular weight is 517 g/mol. The van der Waals surface area contributed by atoms with Crippen molar-refractivity contribution < 1.29 is 4.79 Å². The van der Waals surface area contributed by atoms with Crippen LogP contribution in [0.3, 0.4) is 0 Å². The number of nitrogens with two attached hydrogens (primary N) is 1. The van der Waals surface area contributed by atoms with Crippen LogP contribution in [0, 0.1) is 19.3 Å². The molecule has 2 aromatic carbocycles. The molecule has 3 aromatic rings. The van der Waals surface area contributed by atoms with Crippen molar-refractivity contribution in [3.63, 3.8) is 0 Å². The Morgan fingerprint density at radius 2 is 1.79 bits per heavy atom. The van der Waals surface area contributed by atoms with E-state index in [1.165, 1.54) is 11.1 Å². The van der Waals surface area contributed by atoms with Crippen LogP contribution in [0.1, 0.15) is 54.2 Å². The number of carbonyl (C=O) groups is 1. The number of nitrogens with one attached hydrogen (secondary N) is 3. The van der Waals surface area contributed by atoms with Crippen molar-refractivity contribution in [2.24, 2.45) is 11.1 Å². The monoisotopic (exact) mass is 516 g/mol. The minimum Gasteiger partial charge on any atom is -0.366 e. The molecule has 1 fully saturated rings. The van der Waals surface area contributed by atoms with Crippen molar-refractivity contribution in [2.45, 2.75) is 59.5 Å². The summed E-state index contributed by atoms with van der Waals surface area (Å²) in [6.45, 7) is 12.2. The number of carbonyl (C=O) groups excluding carboxylic acids is 1. The highest BCUT2D eigenvalue weighted by atomic mass is 16.1. The van der Waals surface area contributed by atoms with Gasteiger partial charge in [-0.3, -0.25) is 4.79 Å². The van der Waals surface area contributed by atoms with Gasteiger partial charge in [0.15, 0.2) is 0 Å². The zero-order valence-electron chi connectivity index (χ0n) is 23.3. The molecule has 5 N–H and O–H groups in total. The zero-order valence-corrected chi connectivity index (χ0v) is 23.3. The average Bonchev–Trinajstić information content (AvgIpc) is 3.27. The second-order valence-electron chi connectivity index (χ2n) is 11.6. The molecule has 4 rings (SSSR count). The molecule has 9 heteroatoms. The Morgan fingerprint density at radius 1 is 1.08 bits per heavy atom. The van der Waals surface area contributed by atoms with E-state index in [1.807, 2.05) is 24.9 Å². The third kappa shape index (κ3) is 7.41. The lowest BCUT2D eigenvalue weighted by molar-refractivity contribution is 0.100. The van der Waals surface area contributed by atoms with Gasteiger partial charge in [0, 0.05) is 43.5 Å². The highest BCUT2D eigenvalue weighted by Gasteiger charge is 2.26. The standard InChI is InChI=1S/C29H40N8O/c1-18-7-10-20(11-8-18)13-22-15-23(16-31-22)32-26-34-27(36-28(35-26)37(6)17-29(3,4)5)33-24-14-21(25(30)38)12-9-19(24)2/h7-12,14,22-23,31H,13,15-17H2,1-6H3,(H2,30,38)(H2,32,33,34,35,36). The predicted octanol–water partition coefficient (Wildman–Crippen LogP) is 4.20. The second kappa shape index (κ2) is 11.3. The quantitative estimate of drug-likeness (QED) is 0.334. The first-order chi connectivity index (χ1) is 17.9. The van der Waals surface area contributed by atoms with E-state index in [0.717, 1.165) is 37.2 Å². The minimum atomic E-state index is -0.481. The molecule has 1 aliphatic rings. The maximum atomic E-state index is 11.7. The number of nitrogens with zero attached hydrogens (tertiary/aromatic N) is 4. The molecule has 0 bridgehead atoms. The smallest absolute Gasteiger partial charge is 0.248 e. The number of aryl methyl sites for hydroxylation is 2. The van der Waals surface area contributed by atoms with Gasteiger partial charge in [-0.05, 0) is 55.4 Å². The molecule has 0 radical (unpaired) electrons. The summed E-state index contributed by atoms with van der Waals surface area (Å²) in [5, 5.41) is 10.4. The van der Waals surface area contributed by atoms with E-state index in [9.17, 15) is 4.79 Å². The first-order valence-electron chi connectivity index (χ1n) is 13.2. The van der Waals surface area contributed by atoms with E-state index in [0.29, 0.717) is 29.5 Å². The van der Waals surface area contributed by atoms with Crippen molar-refractivity contribution in [3.05, 3.63) is 64.7 Å². The zero-order chi connectivity index (χ0) is 27.4. The lowest BCUT2D eigenvalue weighted by Gasteiger charge is -2.27. The molecule has 1 saturated heterocycles. The third-order valence-electron chi connectivity index (χ3n) is 6.60.